The normalized spacial score (nSPS) is 12.3. The van der Waals surface area contributed by atoms with Crippen LogP contribution in [0.4, 0.5) is 0 Å². The third-order valence-electron chi connectivity index (χ3n) is 5.27. The van der Waals surface area contributed by atoms with E-state index in [9.17, 15) is 5.11 Å². The Kier molecular flexibility index (Phi) is 9.11. The van der Waals surface area contributed by atoms with Gasteiger partial charge in [0.15, 0.2) is 0 Å². The summed E-state index contributed by atoms with van der Waals surface area (Å²) < 4.78 is 13.5. The van der Waals surface area contributed by atoms with Crippen molar-refractivity contribution >= 4 is 11.6 Å². The summed E-state index contributed by atoms with van der Waals surface area (Å²) in [5.74, 6) is 1.19. The second-order valence-corrected chi connectivity index (χ2v) is 8.23. The third-order valence-corrected chi connectivity index (χ3v) is 5.58. The molecule has 0 saturated heterocycles. The summed E-state index contributed by atoms with van der Waals surface area (Å²) >= 11 is 6.39. The number of aliphatic hydroxyl groups is 1. The minimum absolute atomic E-state index is 0.394. The van der Waals surface area contributed by atoms with Gasteiger partial charge in [-0.25, -0.2) is 4.68 Å². The summed E-state index contributed by atoms with van der Waals surface area (Å²) in [6.45, 7) is 6.45. The Morgan fingerprint density at radius 2 is 1.84 bits per heavy atom. The van der Waals surface area contributed by atoms with Crippen molar-refractivity contribution in [2.75, 3.05) is 26.8 Å². The molecule has 0 radical (unpaired) electrons. The van der Waals surface area contributed by atoms with Gasteiger partial charge in [-0.05, 0) is 37.6 Å². The molecule has 2 aromatic carbocycles. The summed E-state index contributed by atoms with van der Waals surface area (Å²) in [6, 6.07) is 17.3. The fourth-order valence-corrected chi connectivity index (χ4v) is 3.78. The van der Waals surface area contributed by atoms with Crippen LogP contribution < -0.4 is 4.74 Å². The molecule has 1 N–H and O–H groups in total. The van der Waals surface area contributed by atoms with Gasteiger partial charge in [0.1, 0.15) is 5.75 Å². The maximum absolute atomic E-state index is 10.4. The number of nitrogens with zero attached hydrogens (tertiary/aromatic N) is 3. The first-order chi connectivity index (χ1) is 15.5. The van der Waals surface area contributed by atoms with Gasteiger partial charge in [-0.2, -0.15) is 5.10 Å². The second kappa shape index (κ2) is 12.0. The van der Waals surface area contributed by atoms with Crippen LogP contribution in [0.5, 0.6) is 11.6 Å². The van der Waals surface area contributed by atoms with Gasteiger partial charge in [0.25, 0.3) is 0 Å². The number of ether oxygens (including phenoxy) is 2. The van der Waals surface area contributed by atoms with Gasteiger partial charge in [-0.1, -0.05) is 55.3 Å². The van der Waals surface area contributed by atoms with Gasteiger partial charge >= 0.3 is 0 Å². The summed E-state index contributed by atoms with van der Waals surface area (Å²) in [4.78, 5) is 2.18. The topological polar surface area (TPSA) is 59.8 Å². The molecule has 0 bridgehead atoms. The van der Waals surface area contributed by atoms with E-state index in [2.05, 4.69) is 11.8 Å². The molecule has 1 aromatic heterocycles. The van der Waals surface area contributed by atoms with Crippen LogP contribution >= 0.6 is 11.6 Å². The minimum atomic E-state index is -0.394. The van der Waals surface area contributed by atoms with E-state index in [1.54, 1.807) is 13.2 Å². The van der Waals surface area contributed by atoms with Gasteiger partial charge in [0.2, 0.25) is 5.88 Å². The zero-order valence-electron chi connectivity index (χ0n) is 19.0. The molecule has 1 heterocycles. The number of hydrogen-bond acceptors (Lipinski definition) is 5. The molecule has 0 amide bonds. The Morgan fingerprint density at radius 3 is 2.53 bits per heavy atom. The van der Waals surface area contributed by atoms with Crippen LogP contribution in [0, 0.1) is 6.92 Å². The maximum atomic E-state index is 10.4. The third kappa shape index (κ3) is 6.33. The largest absolute Gasteiger partial charge is 0.437 e. The van der Waals surface area contributed by atoms with Crippen molar-refractivity contribution in [3.8, 4) is 17.3 Å². The molecule has 172 valence electrons. The number of hydrogen-bond donors (Lipinski definition) is 1. The van der Waals surface area contributed by atoms with Crippen LogP contribution in [0.3, 0.4) is 0 Å². The van der Waals surface area contributed by atoms with E-state index in [4.69, 9.17) is 26.2 Å². The first kappa shape index (κ1) is 24.3. The van der Waals surface area contributed by atoms with Gasteiger partial charge in [-0.15, -0.1) is 0 Å². The lowest BCUT2D eigenvalue weighted by atomic mass is 10.1. The second-order valence-electron chi connectivity index (χ2n) is 7.82. The smallest absolute Gasteiger partial charge is 0.227 e. The highest BCUT2D eigenvalue weighted by Gasteiger charge is 2.23. The van der Waals surface area contributed by atoms with Crippen LogP contribution in [0.15, 0.2) is 54.6 Å². The Hall–Kier alpha value is -2.38. The lowest BCUT2D eigenvalue weighted by molar-refractivity contribution is 0.0795. The van der Waals surface area contributed by atoms with Gasteiger partial charge < -0.3 is 14.6 Å². The molecule has 1 atom stereocenters. The number of para-hydroxylation sites is 2. The molecule has 0 unspecified atom stereocenters. The van der Waals surface area contributed by atoms with Crippen LogP contribution in [0.25, 0.3) is 5.69 Å². The Morgan fingerprint density at radius 1 is 1.12 bits per heavy atom. The van der Waals surface area contributed by atoms with Gasteiger partial charge in [0, 0.05) is 26.7 Å². The average molecular weight is 458 g/mol. The fraction of sp³-hybridized carbons (Fsp3) is 0.400. The molecule has 0 aliphatic carbocycles. The van der Waals surface area contributed by atoms with E-state index in [0.717, 1.165) is 29.8 Å². The molecular weight excluding hydrogens is 426 g/mol. The van der Waals surface area contributed by atoms with Crippen molar-refractivity contribution in [2.24, 2.45) is 0 Å². The van der Waals surface area contributed by atoms with Crippen molar-refractivity contribution in [1.82, 2.24) is 14.7 Å². The number of aryl methyl sites for hydroxylation is 1. The van der Waals surface area contributed by atoms with E-state index >= 15 is 0 Å². The number of benzene rings is 2. The molecule has 3 rings (SSSR count). The summed E-state index contributed by atoms with van der Waals surface area (Å²) in [6.07, 6.45) is 1.30. The first-order valence-corrected chi connectivity index (χ1v) is 11.4. The Bertz CT molecular complexity index is 978. The van der Waals surface area contributed by atoms with Crippen LogP contribution in [-0.2, 0) is 11.3 Å². The summed E-state index contributed by atoms with van der Waals surface area (Å²) in [7, 11) is 1.69. The van der Waals surface area contributed by atoms with E-state index in [1.807, 2.05) is 60.1 Å². The molecule has 0 spiro atoms. The first-order valence-electron chi connectivity index (χ1n) is 11.0. The monoisotopic (exact) mass is 457 g/mol. The van der Waals surface area contributed by atoms with Crippen molar-refractivity contribution in [2.45, 2.75) is 39.3 Å². The molecule has 6 nitrogen and oxygen atoms in total. The van der Waals surface area contributed by atoms with Crippen molar-refractivity contribution < 1.29 is 14.6 Å². The minimum Gasteiger partial charge on any atom is -0.437 e. The Balaban J connectivity index is 1.99. The number of aliphatic hydroxyl groups excluding tert-OH is 1. The molecular formula is C25H32ClN3O3. The predicted octanol–water partition coefficient (Wildman–Crippen LogP) is 5.24. The number of halogens is 1. The van der Waals surface area contributed by atoms with Crippen LogP contribution in [-0.4, -0.2) is 52.7 Å². The molecule has 0 saturated carbocycles. The van der Waals surface area contributed by atoms with Crippen molar-refractivity contribution in [1.29, 1.82) is 0 Å². The van der Waals surface area contributed by atoms with Gasteiger partial charge in [-0.3, -0.25) is 4.90 Å². The standard InChI is InChI=1S/C25H32ClN3O3/c1-4-10-21(30)17-28(15-16-31-3)18-22-19(2)27-29(20-11-6-5-7-12-20)25(22)32-24-14-9-8-13-23(24)26/h5-9,11-14,21,30H,4,10,15-18H2,1-3H3/t21-/m1/s1. The van der Waals surface area contributed by atoms with Crippen LogP contribution in [0.1, 0.15) is 31.0 Å². The van der Waals surface area contributed by atoms with E-state index in [1.165, 1.54) is 0 Å². The molecule has 3 aromatic rings. The number of aromatic nitrogens is 2. The average Bonchev–Trinajstić information content (AvgIpc) is 3.09. The maximum Gasteiger partial charge on any atom is 0.227 e. The highest BCUT2D eigenvalue weighted by molar-refractivity contribution is 6.32. The highest BCUT2D eigenvalue weighted by Crippen LogP contribution is 2.34. The number of rotatable bonds is 12. The molecule has 32 heavy (non-hydrogen) atoms. The molecule has 0 fully saturated rings. The Labute approximate surface area is 195 Å². The number of methoxy groups -OCH3 is 1. The predicted molar refractivity (Wildman–Crippen MR) is 128 cm³/mol. The lowest BCUT2D eigenvalue weighted by Crippen LogP contribution is -2.34. The fourth-order valence-electron chi connectivity index (χ4n) is 3.60. The SMILES string of the molecule is CCC[C@@H](O)CN(CCOC)Cc1c(C)nn(-c2ccccc2)c1Oc1ccccc1Cl. The van der Waals surface area contributed by atoms with Crippen LogP contribution in [0.2, 0.25) is 5.02 Å². The zero-order valence-corrected chi connectivity index (χ0v) is 19.8. The summed E-state index contributed by atoms with van der Waals surface area (Å²) in [5, 5.41) is 15.8. The molecule has 0 aliphatic heterocycles. The highest BCUT2D eigenvalue weighted by atomic mass is 35.5. The van der Waals surface area contributed by atoms with E-state index < -0.39 is 6.10 Å². The molecule has 0 aliphatic rings. The van der Waals surface area contributed by atoms with E-state index in [0.29, 0.717) is 42.9 Å². The van der Waals surface area contributed by atoms with Crippen molar-refractivity contribution in [3.63, 3.8) is 0 Å². The van der Waals surface area contributed by atoms with E-state index in [-0.39, 0.29) is 0 Å². The lowest BCUT2D eigenvalue weighted by Gasteiger charge is -2.25. The summed E-state index contributed by atoms with van der Waals surface area (Å²) in [5.41, 5.74) is 2.72. The zero-order chi connectivity index (χ0) is 22.9. The quantitative estimate of drug-likeness (QED) is 0.403. The van der Waals surface area contributed by atoms with Gasteiger partial charge in [0.05, 0.1) is 34.7 Å². The van der Waals surface area contributed by atoms with Crippen molar-refractivity contribution in [3.05, 3.63) is 70.9 Å². The molecule has 7 heteroatoms.